The largest absolute Gasteiger partial charge is 0.464 e. The first kappa shape index (κ1) is 23.9. The third-order valence-electron chi connectivity index (χ3n) is 4.34. The van der Waals surface area contributed by atoms with Crippen molar-refractivity contribution < 1.29 is 22.7 Å². The number of carbonyl (C=O) groups is 1. The lowest BCUT2D eigenvalue weighted by molar-refractivity contribution is -0.152. The fourth-order valence-corrected chi connectivity index (χ4v) is 3.81. The first-order chi connectivity index (χ1) is 14.7. The van der Waals surface area contributed by atoms with Gasteiger partial charge in [0, 0.05) is 0 Å². The molecule has 31 heavy (non-hydrogen) atoms. The second kappa shape index (κ2) is 10.1. The van der Waals surface area contributed by atoms with Crippen LogP contribution in [-0.2, 0) is 29.9 Å². The number of benzene rings is 2. The van der Waals surface area contributed by atoms with Crippen LogP contribution in [0.15, 0.2) is 59.6 Å². The van der Waals surface area contributed by atoms with Crippen molar-refractivity contribution in [1.82, 2.24) is 9.84 Å². The van der Waals surface area contributed by atoms with Crippen LogP contribution in [0.3, 0.4) is 0 Å². The van der Waals surface area contributed by atoms with Gasteiger partial charge in [-0.25, -0.2) is 28.8 Å². The Labute approximate surface area is 180 Å². The van der Waals surface area contributed by atoms with Gasteiger partial charge in [-0.15, -0.1) is 4.41 Å². The Morgan fingerprint density at radius 3 is 2.48 bits per heavy atom. The van der Waals surface area contributed by atoms with Crippen molar-refractivity contribution in [3.8, 4) is 0 Å². The van der Waals surface area contributed by atoms with Crippen LogP contribution in [0.2, 0.25) is 0 Å². The molecule has 0 aliphatic carbocycles. The summed E-state index contributed by atoms with van der Waals surface area (Å²) in [5.41, 5.74) is 0.123. The molecule has 0 spiro atoms. The maximum absolute atomic E-state index is 13.4. The Hall–Kier alpha value is -3.34. The van der Waals surface area contributed by atoms with E-state index >= 15 is 0 Å². The molecule has 0 aliphatic rings. The van der Waals surface area contributed by atoms with Gasteiger partial charge < -0.3 is 10.2 Å². The number of hydrazine groups is 2. The number of hydrogen-bond donors (Lipinski definition) is 3. The van der Waals surface area contributed by atoms with Gasteiger partial charge in [-0.1, -0.05) is 42.5 Å². The molecular weight excluding hydrogens is 422 g/mol. The van der Waals surface area contributed by atoms with Crippen LogP contribution in [0.5, 0.6) is 0 Å². The molecule has 0 fully saturated rings. The quantitative estimate of drug-likeness (QED) is 0.127. The van der Waals surface area contributed by atoms with Crippen LogP contribution in [0.25, 0.3) is 5.57 Å². The Bertz CT molecular complexity index is 1110. The third kappa shape index (κ3) is 4.88. The SMILES string of the molecule is CCOC(=O)[C@@](C(=C=O)c1ccccc1)(c1cccc(N=CNN)c1)N(N)S(C)(=O)=O. The van der Waals surface area contributed by atoms with Crippen LogP contribution in [-0.4, -0.2) is 43.9 Å². The van der Waals surface area contributed by atoms with Crippen LogP contribution in [0.4, 0.5) is 5.69 Å². The summed E-state index contributed by atoms with van der Waals surface area (Å²) in [6.45, 7) is 1.46. The van der Waals surface area contributed by atoms with Crippen LogP contribution in [0.1, 0.15) is 18.1 Å². The molecule has 0 aliphatic heterocycles. The summed E-state index contributed by atoms with van der Waals surface area (Å²) in [4.78, 5) is 29.6. The molecular formula is C20H23N5O5S. The van der Waals surface area contributed by atoms with E-state index in [4.69, 9.17) is 16.4 Å². The van der Waals surface area contributed by atoms with Crippen molar-refractivity contribution in [2.24, 2.45) is 16.7 Å². The zero-order valence-electron chi connectivity index (χ0n) is 17.0. The number of carbonyl (C=O) groups excluding carboxylic acids is 2. The van der Waals surface area contributed by atoms with Gasteiger partial charge in [-0.2, -0.15) is 0 Å². The molecule has 0 unspecified atom stereocenters. The average molecular weight is 446 g/mol. The lowest BCUT2D eigenvalue weighted by atomic mass is 9.80. The number of nitrogens with one attached hydrogen (secondary N) is 1. The van der Waals surface area contributed by atoms with E-state index in [1.807, 2.05) is 0 Å². The lowest BCUT2D eigenvalue weighted by Crippen LogP contribution is -2.59. The average Bonchev–Trinajstić information content (AvgIpc) is 2.75. The van der Waals surface area contributed by atoms with E-state index in [0.29, 0.717) is 10.1 Å². The normalized spacial score (nSPS) is 13.5. The second-order valence-corrected chi connectivity index (χ2v) is 8.17. The van der Waals surface area contributed by atoms with E-state index in [1.54, 1.807) is 37.1 Å². The summed E-state index contributed by atoms with van der Waals surface area (Å²) < 4.78 is 30.6. The molecule has 2 rings (SSSR count). The topological polar surface area (TPSA) is 157 Å². The highest BCUT2D eigenvalue weighted by Gasteiger charge is 2.55. The summed E-state index contributed by atoms with van der Waals surface area (Å²) in [5, 5.41) is 0. The Morgan fingerprint density at radius 1 is 1.26 bits per heavy atom. The summed E-state index contributed by atoms with van der Waals surface area (Å²) in [7, 11) is -4.23. The minimum absolute atomic E-state index is 0.0350. The lowest BCUT2D eigenvalue weighted by Gasteiger charge is -2.38. The first-order valence-electron chi connectivity index (χ1n) is 9.06. The maximum Gasteiger partial charge on any atom is 0.339 e. The van der Waals surface area contributed by atoms with Gasteiger partial charge in [0.25, 0.3) is 0 Å². The van der Waals surface area contributed by atoms with E-state index in [2.05, 4.69) is 10.4 Å². The summed E-state index contributed by atoms with van der Waals surface area (Å²) in [5.74, 6) is 11.9. The molecule has 0 heterocycles. The molecule has 0 radical (unpaired) electrons. The summed E-state index contributed by atoms with van der Waals surface area (Å²) in [6.07, 6.45) is 2.00. The molecule has 0 amide bonds. The van der Waals surface area contributed by atoms with Gasteiger partial charge in [-0.05, 0) is 30.2 Å². The molecule has 2 aromatic rings. The maximum atomic E-state index is 13.4. The van der Waals surface area contributed by atoms with E-state index in [-0.39, 0.29) is 23.3 Å². The van der Waals surface area contributed by atoms with E-state index in [0.717, 1.165) is 6.26 Å². The molecule has 0 saturated heterocycles. The van der Waals surface area contributed by atoms with Gasteiger partial charge in [-0.3, -0.25) is 5.84 Å². The third-order valence-corrected chi connectivity index (χ3v) is 5.33. The van der Waals surface area contributed by atoms with Crippen molar-refractivity contribution in [3.63, 3.8) is 0 Å². The van der Waals surface area contributed by atoms with Gasteiger partial charge in [0.1, 0.15) is 12.3 Å². The smallest absolute Gasteiger partial charge is 0.339 e. The number of rotatable bonds is 9. The second-order valence-electron chi connectivity index (χ2n) is 6.31. The molecule has 2 aromatic carbocycles. The minimum atomic E-state index is -4.23. The van der Waals surface area contributed by atoms with Crippen molar-refractivity contribution in [1.29, 1.82) is 0 Å². The zero-order chi connectivity index (χ0) is 23.1. The van der Waals surface area contributed by atoms with Gasteiger partial charge in [0.05, 0.1) is 24.1 Å². The molecule has 0 aromatic heterocycles. The fraction of sp³-hybridized carbons (Fsp3) is 0.200. The number of nitrogens with two attached hydrogens (primary N) is 2. The molecule has 5 N–H and O–H groups in total. The molecule has 1 atom stereocenters. The number of hydrogen-bond acceptors (Lipinski definition) is 8. The van der Waals surface area contributed by atoms with Gasteiger partial charge in [0.2, 0.25) is 15.6 Å². The Morgan fingerprint density at radius 2 is 1.94 bits per heavy atom. The first-order valence-corrected chi connectivity index (χ1v) is 10.9. The monoisotopic (exact) mass is 445 g/mol. The standard InChI is InChI=1S/C20H23N5O5S/c1-3-30-19(27)20(25(22)31(2,28)29,18(13-26)15-8-5-4-6-9-15)16-10-7-11-17(12-16)23-14-24-21/h4-12,14H,3,21-22H2,1-2H3,(H,23,24)/t20-/m0/s1. The highest BCUT2D eigenvalue weighted by molar-refractivity contribution is 7.88. The van der Waals surface area contributed by atoms with Crippen LogP contribution in [0, 0.1) is 0 Å². The van der Waals surface area contributed by atoms with Crippen molar-refractivity contribution in [2.45, 2.75) is 12.5 Å². The van der Waals surface area contributed by atoms with E-state index in [1.165, 1.54) is 36.7 Å². The Kier molecular flexibility index (Phi) is 7.81. The van der Waals surface area contributed by atoms with Crippen molar-refractivity contribution >= 4 is 39.5 Å². The number of sulfonamides is 1. The number of aliphatic imine (C=N–C) groups is 1. The molecule has 0 bridgehead atoms. The highest BCUT2D eigenvalue weighted by Crippen LogP contribution is 2.42. The van der Waals surface area contributed by atoms with Crippen LogP contribution < -0.4 is 17.1 Å². The molecule has 0 saturated carbocycles. The highest BCUT2D eigenvalue weighted by atomic mass is 32.2. The van der Waals surface area contributed by atoms with Crippen molar-refractivity contribution in [2.75, 3.05) is 12.9 Å². The van der Waals surface area contributed by atoms with Crippen molar-refractivity contribution in [3.05, 3.63) is 65.7 Å². The molecule has 164 valence electrons. The molecule has 10 nitrogen and oxygen atoms in total. The fourth-order valence-electron chi connectivity index (χ4n) is 3.05. The zero-order valence-corrected chi connectivity index (χ0v) is 17.8. The Balaban J connectivity index is 2.99. The number of nitrogens with zero attached hydrogens (tertiary/aromatic N) is 2. The number of esters is 1. The van der Waals surface area contributed by atoms with Gasteiger partial charge in [0.15, 0.2) is 0 Å². The summed E-state index contributed by atoms with van der Waals surface area (Å²) in [6, 6.07) is 14.0. The minimum Gasteiger partial charge on any atom is -0.464 e. The predicted molar refractivity (Wildman–Crippen MR) is 117 cm³/mol. The van der Waals surface area contributed by atoms with E-state index < -0.39 is 21.5 Å². The van der Waals surface area contributed by atoms with Crippen LogP contribution >= 0.6 is 0 Å². The number of ether oxygens (including phenoxy) is 1. The predicted octanol–water partition coefficient (Wildman–Crippen LogP) is 0.619. The summed E-state index contributed by atoms with van der Waals surface area (Å²) >= 11 is 0. The van der Waals surface area contributed by atoms with E-state index in [9.17, 15) is 18.0 Å². The van der Waals surface area contributed by atoms with Gasteiger partial charge >= 0.3 is 5.97 Å². The molecule has 11 heteroatoms.